The van der Waals surface area contributed by atoms with E-state index in [1.807, 2.05) is 4.72 Å². The van der Waals surface area contributed by atoms with Crippen LogP contribution >= 0.6 is 11.6 Å². The largest absolute Gasteiger partial charge is 0.504 e. The number of anilines is 1. The maximum absolute atomic E-state index is 11.5. The van der Waals surface area contributed by atoms with Crippen LogP contribution in [0.4, 0.5) is 5.69 Å². The van der Waals surface area contributed by atoms with Crippen molar-refractivity contribution in [1.82, 2.24) is 0 Å². The zero-order valence-electron chi connectivity index (χ0n) is 8.81. The standard InChI is InChI=1S/C9H10ClNO5S/c1-16-8(12)5-17(14,15)11-7-4-2-3-6(10)9(7)13/h2-4,11,13H,5H2,1H3. The second-order valence-corrected chi connectivity index (χ2v) is 5.20. The Morgan fingerprint density at radius 3 is 2.76 bits per heavy atom. The number of aromatic hydroxyl groups is 1. The second-order valence-electron chi connectivity index (χ2n) is 3.07. The minimum absolute atomic E-state index is 0.00303. The number of carbonyl (C=O) groups excluding carboxylic acids is 1. The molecule has 0 heterocycles. The molecule has 0 spiro atoms. The predicted molar refractivity (Wildman–Crippen MR) is 62.5 cm³/mol. The zero-order valence-corrected chi connectivity index (χ0v) is 10.4. The average molecular weight is 280 g/mol. The van der Waals surface area contributed by atoms with Crippen LogP contribution in [0.3, 0.4) is 0 Å². The van der Waals surface area contributed by atoms with Gasteiger partial charge in [0.1, 0.15) is 0 Å². The fraction of sp³-hybridized carbons (Fsp3) is 0.222. The number of benzene rings is 1. The van der Waals surface area contributed by atoms with Crippen molar-refractivity contribution in [2.75, 3.05) is 17.6 Å². The molecule has 94 valence electrons. The van der Waals surface area contributed by atoms with Crippen molar-refractivity contribution in [2.45, 2.75) is 0 Å². The molecule has 0 atom stereocenters. The summed E-state index contributed by atoms with van der Waals surface area (Å²) in [5, 5.41) is 9.48. The fourth-order valence-corrected chi connectivity index (χ4v) is 2.19. The average Bonchev–Trinajstić information content (AvgIpc) is 2.23. The molecule has 1 aromatic carbocycles. The third-order valence-electron chi connectivity index (χ3n) is 1.79. The maximum atomic E-state index is 11.5. The molecular formula is C9H10ClNO5S. The topological polar surface area (TPSA) is 92.7 Å². The summed E-state index contributed by atoms with van der Waals surface area (Å²) in [4.78, 5) is 10.8. The molecule has 6 nitrogen and oxygen atoms in total. The number of esters is 1. The smallest absolute Gasteiger partial charge is 0.322 e. The van der Waals surface area contributed by atoms with Gasteiger partial charge in [-0.2, -0.15) is 0 Å². The van der Waals surface area contributed by atoms with Crippen LogP contribution in [0.2, 0.25) is 5.02 Å². The highest BCUT2D eigenvalue weighted by Crippen LogP contribution is 2.31. The molecule has 0 amide bonds. The van der Waals surface area contributed by atoms with Crippen molar-refractivity contribution in [3.8, 4) is 5.75 Å². The number of sulfonamides is 1. The second kappa shape index (κ2) is 5.24. The molecule has 0 aromatic heterocycles. The molecule has 0 aliphatic carbocycles. The molecular weight excluding hydrogens is 270 g/mol. The summed E-state index contributed by atoms with van der Waals surface area (Å²) < 4.78 is 29.2. The van der Waals surface area contributed by atoms with E-state index in [9.17, 15) is 18.3 Å². The summed E-state index contributed by atoms with van der Waals surface area (Å²) in [5.74, 6) is -2.14. The highest BCUT2D eigenvalue weighted by molar-refractivity contribution is 7.93. The summed E-state index contributed by atoms with van der Waals surface area (Å²) in [5.41, 5.74) is -0.0959. The fourth-order valence-electron chi connectivity index (χ4n) is 1.02. The number of hydrogen-bond acceptors (Lipinski definition) is 5. The number of carbonyl (C=O) groups is 1. The summed E-state index contributed by atoms with van der Waals surface area (Å²) in [6.07, 6.45) is 0. The summed E-state index contributed by atoms with van der Waals surface area (Å²) in [6.45, 7) is 0. The van der Waals surface area contributed by atoms with E-state index in [0.717, 1.165) is 7.11 Å². The quantitative estimate of drug-likeness (QED) is 0.632. The van der Waals surface area contributed by atoms with Gasteiger partial charge < -0.3 is 9.84 Å². The van der Waals surface area contributed by atoms with Gasteiger partial charge in [0.2, 0.25) is 10.0 Å². The van der Waals surface area contributed by atoms with Gasteiger partial charge in [0.15, 0.2) is 11.5 Å². The Kier molecular flexibility index (Phi) is 4.19. The number of halogens is 1. The predicted octanol–water partition coefficient (Wildman–Crippen LogP) is 0.960. The molecule has 0 saturated heterocycles. The lowest BCUT2D eigenvalue weighted by molar-refractivity contribution is -0.137. The van der Waals surface area contributed by atoms with Crippen molar-refractivity contribution in [2.24, 2.45) is 0 Å². The first-order valence-electron chi connectivity index (χ1n) is 4.40. The molecule has 2 N–H and O–H groups in total. The Hall–Kier alpha value is -1.47. The first-order chi connectivity index (χ1) is 7.85. The van der Waals surface area contributed by atoms with Crippen LogP contribution in [0.25, 0.3) is 0 Å². The van der Waals surface area contributed by atoms with E-state index in [-0.39, 0.29) is 10.7 Å². The van der Waals surface area contributed by atoms with Crippen LogP contribution in [-0.4, -0.2) is 32.4 Å². The van der Waals surface area contributed by atoms with Crippen molar-refractivity contribution in [3.63, 3.8) is 0 Å². The van der Waals surface area contributed by atoms with E-state index in [0.29, 0.717) is 0 Å². The van der Waals surface area contributed by atoms with Gasteiger partial charge in [-0.25, -0.2) is 8.42 Å². The van der Waals surface area contributed by atoms with Gasteiger partial charge in [-0.3, -0.25) is 9.52 Å². The SMILES string of the molecule is COC(=O)CS(=O)(=O)Nc1cccc(Cl)c1O. The zero-order chi connectivity index (χ0) is 13.1. The Bertz CT molecular complexity index is 528. The van der Waals surface area contributed by atoms with Crippen molar-refractivity contribution >= 4 is 33.3 Å². The Morgan fingerprint density at radius 1 is 1.53 bits per heavy atom. The number of rotatable bonds is 4. The maximum Gasteiger partial charge on any atom is 0.322 e. The Morgan fingerprint density at radius 2 is 2.18 bits per heavy atom. The number of phenolic OH excluding ortho intramolecular Hbond substituents is 1. The molecule has 8 heteroatoms. The molecule has 0 radical (unpaired) electrons. The van der Waals surface area contributed by atoms with Crippen LogP contribution in [0.1, 0.15) is 0 Å². The molecule has 0 aliphatic heterocycles. The molecule has 0 fully saturated rings. The lowest BCUT2D eigenvalue weighted by Gasteiger charge is -2.09. The van der Waals surface area contributed by atoms with Gasteiger partial charge in [-0.15, -0.1) is 0 Å². The monoisotopic (exact) mass is 279 g/mol. The normalized spacial score (nSPS) is 10.9. The van der Waals surface area contributed by atoms with Crippen molar-refractivity contribution < 1.29 is 23.1 Å². The van der Waals surface area contributed by atoms with Crippen LogP contribution in [0.15, 0.2) is 18.2 Å². The van der Waals surface area contributed by atoms with Crippen LogP contribution in [0, 0.1) is 0 Å². The van der Waals surface area contributed by atoms with Crippen LogP contribution in [-0.2, 0) is 19.6 Å². The van der Waals surface area contributed by atoms with E-state index in [1.165, 1.54) is 18.2 Å². The van der Waals surface area contributed by atoms with E-state index in [1.54, 1.807) is 0 Å². The first-order valence-corrected chi connectivity index (χ1v) is 6.43. The van der Waals surface area contributed by atoms with E-state index < -0.39 is 27.5 Å². The third-order valence-corrected chi connectivity index (χ3v) is 3.24. The lowest BCUT2D eigenvalue weighted by Crippen LogP contribution is -2.23. The van der Waals surface area contributed by atoms with Gasteiger partial charge in [0.25, 0.3) is 0 Å². The Labute approximate surface area is 103 Å². The molecule has 0 bridgehead atoms. The van der Waals surface area contributed by atoms with Gasteiger partial charge in [-0.1, -0.05) is 17.7 Å². The van der Waals surface area contributed by atoms with Crippen molar-refractivity contribution in [1.29, 1.82) is 0 Å². The first kappa shape index (κ1) is 13.6. The molecule has 17 heavy (non-hydrogen) atoms. The number of para-hydroxylation sites is 1. The molecule has 1 rings (SSSR count). The highest BCUT2D eigenvalue weighted by Gasteiger charge is 2.18. The van der Waals surface area contributed by atoms with Crippen LogP contribution in [0.5, 0.6) is 5.75 Å². The minimum Gasteiger partial charge on any atom is -0.504 e. The number of phenols is 1. The minimum atomic E-state index is -3.93. The summed E-state index contributed by atoms with van der Waals surface area (Å²) >= 11 is 5.60. The lowest BCUT2D eigenvalue weighted by atomic mass is 10.3. The number of methoxy groups -OCH3 is 1. The third kappa shape index (κ3) is 3.79. The van der Waals surface area contributed by atoms with E-state index in [4.69, 9.17) is 11.6 Å². The Balaban J connectivity index is 2.91. The number of hydrogen-bond donors (Lipinski definition) is 2. The number of nitrogens with one attached hydrogen (secondary N) is 1. The van der Waals surface area contributed by atoms with Gasteiger partial charge in [0, 0.05) is 0 Å². The van der Waals surface area contributed by atoms with Gasteiger partial charge in [-0.05, 0) is 12.1 Å². The van der Waals surface area contributed by atoms with E-state index in [2.05, 4.69) is 4.74 Å². The van der Waals surface area contributed by atoms with E-state index >= 15 is 0 Å². The van der Waals surface area contributed by atoms with Crippen molar-refractivity contribution in [3.05, 3.63) is 23.2 Å². The molecule has 0 aliphatic rings. The number of ether oxygens (including phenoxy) is 1. The molecule has 1 aromatic rings. The summed E-state index contributed by atoms with van der Waals surface area (Å²) in [7, 11) is -2.85. The molecule has 0 saturated carbocycles. The molecule has 0 unspecified atom stereocenters. The highest BCUT2D eigenvalue weighted by atomic mass is 35.5. The van der Waals surface area contributed by atoms with Crippen LogP contribution < -0.4 is 4.72 Å². The van der Waals surface area contributed by atoms with Gasteiger partial charge in [0.05, 0.1) is 17.8 Å². The van der Waals surface area contributed by atoms with Gasteiger partial charge >= 0.3 is 5.97 Å². The summed E-state index contributed by atoms with van der Waals surface area (Å²) in [6, 6.07) is 4.17.